The molecule has 0 saturated carbocycles. The van der Waals surface area contributed by atoms with Crippen molar-refractivity contribution in [2.45, 2.75) is 24.2 Å². The summed E-state index contributed by atoms with van der Waals surface area (Å²) in [5.74, 6) is 0. The summed E-state index contributed by atoms with van der Waals surface area (Å²) < 4.78 is 5.00. The maximum atomic E-state index is 5.00. The first-order valence-electron chi connectivity index (χ1n) is 5.44. The van der Waals surface area contributed by atoms with Crippen molar-refractivity contribution in [2.24, 2.45) is 0 Å². The van der Waals surface area contributed by atoms with Gasteiger partial charge < -0.3 is 4.74 Å². The van der Waals surface area contributed by atoms with Gasteiger partial charge in [-0.15, -0.1) is 11.8 Å². The van der Waals surface area contributed by atoms with E-state index in [2.05, 4.69) is 49.7 Å². The molecule has 0 unspecified atom stereocenters. The molecule has 3 heteroatoms. The molecule has 0 aromatic heterocycles. The molecular formula is C13H21NOS. The average molecular weight is 239 g/mol. The molecule has 1 rings (SSSR count). The lowest BCUT2D eigenvalue weighted by Gasteiger charge is -2.25. The molecule has 90 valence electrons. The predicted octanol–water partition coefficient (Wildman–Crippen LogP) is 2.88. The lowest BCUT2D eigenvalue weighted by Crippen LogP contribution is -2.33. The molecule has 0 atom stereocenters. The lowest BCUT2D eigenvalue weighted by molar-refractivity contribution is 0.169. The predicted molar refractivity (Wildman–Crippen MR) is 71.1 cm³/mol. The Morgan fingerprint density at radius 2 is 1.88 bits per heavy atom. The minimum atomic E-state index is 0.134. The molecule has 0 aliphatic heterocycles. The van der Waals surface area contributed by atoms with E-state index >= 15 is 0 Å². The normalized spacial score (nSPS) is 11.8. The van der Waals surface area contributed by atoms with Crippen molar-refractivity contribution in [2.75, 3.05) is 26.6 Å². The fraction of sp³-hybridized carbons (Fsp3) is 0.538. The zero-order valence-electron chi connectivity index (χ0n) is 10.5. The van der Waals surface area contributed by atoms with Crippen LogP contribution in [-0.4, -0.2) is 26.6 Å². The van der Waals surface area contributed by atoms with Gasteiger partial charge in [0.15, 0.2) is 0 Å². The van der Waals surface area contributed by atoms with E-state index in [1.807, 2.05) is 0 Å². The number of rotatable bonds is 6. The van der Waals surface area contributed by atoms with Crippen molar-refractivity contribution in [1.29, 1.82) is 0 Å². The third-order valence-electron chi connectivity index (χ3n) is 2.68. The molecule has 0 aliphatic carbocycles. The van der Waals surface area contributed by atoms with E-state index in [4.69, 9.17) is 4.74 Å². The highest BCUT2D eigenvalue weighted by atomic mass is 32.2. The van der Waals surface area contributed by atoms with Crippen molar-refractivity contribution >= 4 is 11.8 Å². The van der Waals surface area contributed by atoms with Gasteiger partial charge in [-0.05, 0) is 24.0 Å². The number of hydrogen-bond acceptors (Lipinski definition) is 3. The number of hydrogen-bond donors (Lipinski definition) is 1. The summed E-state index contributed by atoms with van der Waals surface area (Å²) in [5, 5.41) is 3.27. The maximum Gasteiger partial charge on any atom is 0.0961 e. The van der Waals surface area contributed by atoms with Crippen molar-refractivity contribution in [3.63, 3.8) is 0 Å². The van der Waals surface area contributed by atoms with Crippen LogP contribution in [0, 0.1) is 0 Å². The monoisotopic (exact) mass is 239 g/mol. The Bertz CT molecular complexity index is 308. The highest BCUT2D eigenvalue weighted by molar-refractivity contribution is 7.98. The molecule has 0 amide bonds. The topological polar surface area (TPSA) is 21.3 Å². The summed E-state index contributed by atoms with van der Waals surface area (Å²) in [5.41, 5.74) is 1.49. The number of benzene rings is 1. The molecule has 1 aromatic carbocycles. The van der Waals surface area contributed by atoms with E-state index in [0.717, 1.165) is 6.54 Å². The SMILES string of the molecule is COCNCC(C)(C)c1ccc(SC)cc1. The van der Waals surface area contributed by atoms with Crippen LogP contribution in [0.5, 0.6) is 0 Å². The van der Waals surface area contributed by atoms with Crippen molar-refractivity contribution in [3.05, 3.63) is 29.8 Å². The zero-order chi connectivity index (χ0) is 12.0. The van der Waals surface area contributed by atoms with E-state index in [1.165, 1.54) is 10.5 Å². The number of ether oxygens (including phenoxy) is 1. The first kappa shape index (κ1) is 13.6. The Labute approximate surface area is 103 Å². The van der Waals surface area contributed by atoms with E-state index in [9.17, 15) is 0 Å². The van der Waals surface area contributed by atoms with E-state index in [0.29, 0.717) is 6.73 Å². The van der Waals surface area contributed by atoms with Gasteiger partial charge >= 0.3 is 0 Å². The van der Waals surface area contributed by atoms with Crippen molar-refractivity contribution in [3.8, 4) is 0 Å². The molecule has 2 nitrogen and oxygen atoms in total. The number of methoxy groups -OCH3 is 1. The van der Waals surface area contributed by atoms with Gasteiger partial charge in [-0.2, -0.15) is 0 Å². The van der Waals surface area contributed by atoms with Crippen LogP contribution >= 0.6 is 11.8 Å². The minimum absolute atomic E-state index is 0.134. The van der Waals surface area contributed by atoms with Gasteiger partial charge in [0.1, 0.15) is 0 Å². The Kier molecular flexibility index (Phi) is 5.32. The van der Waals surface area contributed by atoms with Crippen molar-refractivity contribution < 1.29 is 4.74 Å². The third-order valence-corrected chi connectivity index (χ3v) is 3.43. The molecule has 16 heavy (non-hydrogen) atoms. The van der Waals surface area contributed by atoms with Crippen LogP contribution in [0.3, 0.4) is 0 Å². The molecule has 0 bridgehead atoms. The van der Waals surface area contributed by atoms with Crippen LogP contribution < -0.4 is 5.32 Å². The molecule has 1 N–H and O–H groups in total. The number of thioether (sulfide) groups is 1. The highest BCUT2D eigenvalue weighted by Gasteiger charge is 2.19. The van der Waals surface area contributed by atoms with Gasteiger partial charge in [0.2, 0.25) is 0 Å². The maximum absolute atomic E-state index is 5.00. The van der Waals surface area contributed by atoms with Crippen LogP contribution in [0.2, 0.25) is 0 Å². The van der Waals surface area contributed by atoms with E-state index < -0.39 is 0 Å². The third kappa shape index (κ3) is 3.81. The average Bonchev–Trinajstić information content (AvgIpc) is 2.29. The van der Waals surface area contributed by atoms with Crippen LogP contribution in [0.15, 0.2) is 29.2 Å². The Hall–Kier alpha value is -0.510. The molecule has 0 saturated heterocycles. The summed E-state index contributed by atoms with van der Waals surface area (Å²) in [7, 11) is 1.70. The second kappa shape index (κ2) is 6.28. The summed E-state index contributed by atoms with van der Waals surface area (Å²) >= 11 is 1.77. The van der Waals surface area contributed by atoms with Gasteiger partial charge in [0.25, 0.3) is 0 Å². The van der Waals surface area contributed by atoms with Gasteiger partial charge in [-0.3, -0.25) is 5.32 Å². The van der Waals surface area contributed by atoms with E-state index in [-0.39, 0.29) is 5.41 Å². The Morgan fingerprint density at radius 1 is 1.25 bits per heavy atom. The molecule has 0 spiro atoms. The molecular weight excluding hydrogens is 218 g/mol. The quantitative estimate of drug-likeness (QED) is 0.468. The second-order valence-corrected chi connectivity index (χ2v) is 5.35. The fourth-order valence-electron chi connectivity index (χ4n) is 1.61. The van der Waals surface area contributed by atoms with Gasteiger partial charge in [-0.1, -0.05) is 26.0 Å². The summed E-state index contributed by atoms with van der Waals surface area (Å²) in [4.78, 5) is 1.31. The first-order chi connectivity index (χ1) is 7.60. The summed E-state index contributed by atoms with van der Waals surface area (Å²) in [6, 6.07) is 8.77. The molecule has 0 fully saturated rings. The van der Waals surface area contributed by atoms with E-state index in [1.54, 1.807) is 18.9 Å². The van der Waals surface area contributed by atoms with Gasteiger partial charge in [0, 0.05) is 24.0 Å². The van der Waals surface area contributed by atoms with Crippen LogP contribution in [0.1, 0.15) is 19.4 Å². The molecule has 0 radical (unpaired) electrons. The molecule has 0 aliphatic rings. The zero-order valence-corrected chi connectivity index (χ0v) is 11.4. The van der Waals surface area contributed by atoms with Crippen LogP contribution in [-0.2, 0) is 10.2 Å². The fourth-order valence-corrected chi connectivity index (χ4v) is 2.02. The van der Waals surface area contributed by atoms with Gasteiger partial charge in [0.05, 0.1) is 6.73 Å². The smallest absolute Gasteiger partial charge is 0.0961 e. The largest absolute Gasteiger partial charge is 0.370 e. The van der Waals surface area contributed by atoms with Crippen LogP contribution in [0.4, 0.5) is 0 Å². The summed E-state index contributed by atoms with van der Waals surface area (Å²) in [6.07, 6.45) is 2.10. The second-order valence-electron chi connectivity index (χ2n) is 4.47. The summed E-state index contributed by atoms with van der Waals surface area (Å²) in [6.45, 7) is 6.00. The standard InChI is InChI=1S/C13H21NOS/c1-13(2,9-14-10-15-3)11-5-7-12(16-4)8-6-11/h5-8,14H,9-10H2,1-4H3. The van der Waals surface area contributed by atoms with Crippen LogP contribution in [0.25, 0.3) is 0 Å². The number of nitrogens with one attached hydrogen (secondary N) is 1. The Balaban J connectivity index is 2.65. The van der Waals surface area contributed by atoms with Crippen molar-refractivity contribution in [1.82, 2.24) is 5.32 Å². The first-order valence-corrected chi connectivity index (χ1v) is 6.67. The molecule has 1 aromatic rings. The van der Waals surface area contributed by atoms with Gasteiger partial charge in [-0.25, -0.2) is 0 Å². The minimum Gasteiger partial charge on any atom is -0.370 e. The lowest BCUT2D eigenvalue weighted by atomic mass is 9.85. The Morgan fingerprint density at radius 3 is 2.38 bits per heavy atom. The highest BCUT2D eigenvalue weighted by Crippen LogP contribution is 2.24. The molecule has 0 heterocycles.